The molecule has 6 rings (SSSR count). The lowest BCUT2D eigenvalue weighted by Gasteiger charge is -2.45. The van der Waals surface area contributed by atoms with Gasteiger partial charge in [0, 0.05) is 35.6 Å². The van der Waals surface area contributed by atoms with E-state index < -0.39 is 0 Å². The highest BCUT2D eigenvalue weighted by atomic mass is 32.2. The second kappa shape index (κ2) is 11.0. The molecule has 1 saturated carbocycles. The number of carbonyl (C=O) groups is 3. The fourth-order valence-electron chi connectivity index (χ4n) is 6.08. The zero-order valence-electron chi connectivity index (χ0n) is 22.2. The Hall–Kier alpha value is -3.83. The van der Waals surface area contributed by atoms with Crippen LogP contribution in [0.5, 0.6) is 11.5 Å². The largest absolute Gasteiger partial charge is 0.455 e. The van der Waals surface area contributed by atoms with Crippen molar-refractivity contribution in [2.75, 3.05) is 11.4 Å². The predicted octanol–water partition coefficient (Wildman–Crippen LogP) is 3.31. The molecule has 1 aromatic heterocycles. The Labute approximate surface area is 237 Å². The lowest BCUT2D eigenvalue weighted by molar-refractivity contribution is -0.119. The Bertz CT molecular complexity index is 1380. The van der Waals surface area contributed by atoms with Gasteiger partial charge in [0.05, 0.1) is 22.0 Å². The van der Waals surface area contributed by atoms with Gasteiger partial charge in [-0.1, -0.05) is 18.3 Å². The fraction of sp³-hybridized carbons (Fsp3) is 0.379. The Balaban J connectivity index is 1.20. The number of carbonyl (C=O) groups excluding carboxylic acids is 3. The van der Waals surface area contributed by atoms with Crippen molar-refractivity contribution < 1.29 is 19.1 Å². The number of rotatable bonds is 7. The minimum Gasteiger partial charge on any atom is -0.455 e. The quantitative estimate of drug-likeness (QED) is 0.383. The summed E-state index contributed by atoms with van der Waals surface area (Å²) in [6.07, 6.45) is 6.24. The first-order valence-corrected chi connectivity index (χ1v) is 14.5. The van der Waals surface area contributed by atoms with Crippen molar-refractivity contribution in [1.29, 1.82) is 0 Å². The summed E-state index contributed by atoms with van der Waals surface area (Å²) in [7, 11) is 0. The van der Waals surface area contributed by atoms with Crippen LogP contribution < -0.4 is 30.9 Å². The molecule has 1 aromatic carbocycles. The van der Waals surface area contributed by atoms with Crippen LogP contribution in [-0.4, -0.2) is 52.9 Å². The maximum Gasteiger partial charge on any atom is 0.326 e. The standard InChI is InChI=1S/C29H32N6O4S/c1-3-23(36)32-19-6-4-7-20(19)33-27(37)26-25-24-21(13-15-31-28(24)40-26)35(29(38)34-25)17-9-11-18(12-10-17)39-22-8-5-14-30-16(22)2/h3,5,8-12,14,19-21,24,28,31H,1,4,6-7,13,15H2,2H3,(H,32,36)(H,33,37)(H,34,38)/t19-,20+,21?,24?,28?/m0/s1. The maximum atomic E-state index is 13.5. The van der Waals surface area contributed by atoms with Crippen LogP contribution in [0.3, 0.4) is 0 Å². The summed E-state index contributed by atoms with van der Waals surface area (Å²) in [6, 6.07) is 10.5. The number of piperidine rings is 1. The summed E-state index contributed by atoms with van der Waals surface area (Å²) < 4.78 is 5.98. The van der Waals surface area contributed by atoms with E-state index in [2.05, 4.69) is 32.8 Å². The number of nitrogens with zero attached hydrogens (tertiary/aromatic N) is 2. The number of thioether (sulfide) groups is 1. The van der Waals surface area contributed by atoms with Crippen molar-refractivity contribution in [3.8, 4) is 11.5 Å². The van der Waals surface area contributed by atoms with E-state index in [0.29, 0.717) is 22.1 Å². The van der Waals surface area contributed by atoms with Crippen LogP contribution >= 0.6 is 11.8 Å². The third-order valence-electron chi connectivity index (χ3n) is 7.99. The third kappa shape index (κ3) is 4.95. The highest BCUT2D eigenvalue weighted by Crippen LogP contribution is 2.48. The summed E-state index contributed by atoms with van der Waals surface area (Å²) >= 11 is 1.47. The number of ether oxygens (including phenoxy) is 1. The molecule has 0 bridgehead atoms. The SMILES string of the molecule is C=CC(=O)N[C@H]1CCC[C@H]1NC(=O)C1=C2NC(=O)N(c3ccc(Oc4cccnc4C)cc3)C3CCNC(S1)C23. The number of benzene rings is 1. The second-order valence-electron chi connectivity index (χ2n) is 10.4. The summed E-state index contributed by atoms with van der Waals surface area (Å²) in [6.45, 7) is 6.15. The predicted molar refractivity (Wildman–Crippen MR) is 153 cm³/mol. The van der Waals surface area contributed by atoms with Gasteiger partial charge in [0.15, 0.2) is 0 Å². The molecule has 208 valence electrons. The minimum absolute atomic E-state index is 0.0198. The minimum atomic E-state index is -0.251. The molecule has 3 fully saturated rings. The highest BCUT2D eigenvalue weighted by molar-refractivity contribution is 8.04. The van der Waals surface area contributed by atoms with Gasteiger partial charge in [0.25, 0.3) is 5.91 Å². The van der Waals surface area contributed by atoms with Crippen LogP contribution in [0.15, 0.2) is 65.9 Å². The number of amides is 4. The van der Waals surface area contributed by atoms with E-state index in [0.717, 1.165) is 43.6 Å². The average molecular weight is 561 g/mol. The lowest BCUT2D eigenvalue weighted by atomic mass is 9.86. The van der Waals surface area contributed by atoms with Crippen LogP contribution in [0.4, 0.5) is 10.5 Å². The molecule has 2 aromatic rings. The Morgan fingerprint density at radius 1 is 1.15 bits per heavy atom. The molecule has 3 aliphatic heterocycles. The van der Waals surface area contributed by atoms with Crippen molar-refractivity contribution >= 4 is 35.3 Å². The number of pyridine rings is 1. The molecule has 11 heteroatoms. The van der Waals surface area contributed by atoms with Crippen LogP contribution in [0, 0.1) is 12.8 Å². The van der Waals surface area contributed by atoms with Crippen molar-refractivity contribution in [1.82, 2.24) is 26.3 Å². The molecular formula is C29H32N6O4S. The first-order chi connectivity index (χ1) is 19.4. The van der Waals surface area contributed by atoms with Crippen LogP contribution in [0.2, 0.25) is 0 Å². The molecule has 0 spiro atoms. The van der Waals surface area contributed by atoms with Gasteiger partial charge in [-0.25, -0.2) is 4.79 Å². The van der Waals surface area contributed by atoms with E-state index in [4.69, 9.17) is 4.74 Å². The normalized spacial score (nSPS) is 27.1. The van der Waals surface area contributed by atoms with Crippen molar-refractivity contribution in [3.05, 3.63) is 71.5 Å². The van der Waals surface area contributed by atoms with Gasteiger partial charge in [-0.05, 0) is 81.6 Å². The molecule has 0 radical (unpaired) electrons. The smallest absolute Gasteiger partial charge is 0.326 e. The van der Waals surface area contributed by atoms with Gasteiger partial charge in [0.1, 0.15) is 11.5 Å². The number of aromatic nitrogens is 1. The molecule has 4 heterocycles. The van der Waals surface area contributed by atoms with Gasteiger partial charge < -0.3 is 26.0 Å². The Kier molecular flexibility index (Phi) is 7.24. The van der Waals surface area contributed by atoms with Crippen molar-refractivity contribution in [2.24, 2.45) is 5.92 Å². The zero-order chi connectivity index (χ0) is 27.8. The molecule has 5 atom stereocenters. The monoisotopic (exact) mass is 560 g/mol. The molecular weight excluding hydrogens is 528 g/mol. The van der Waals surface area contributed by atoms with Gasteiger partial charge in [-0.15, -0.1) is 0 Å². The molecule has 1 aliphatic carbocycles. The number of hydrogen-bond donors (Lipinski definition) is 4. The van der Waals surface area contributed by atoms with E-state index in [1.165, 1.54) is 17.8 Å². The first kappa shape index (κ1) is 26.4. The molecule has 4 N–H and O–H groups in total. The van der Waals surface area contributed by atoms with E-state index in [9.17, 15) is 14.4 Å². The third-order valence-corrected chi connectivity index (χ3v) is 9.35. The van der Waals surface area contributed by atoms with Crippen molar-refractivity contribution in [2.45, 2.75) is 56.1 Å². The molecule has 40 heavy (non-hydrogen) atoms. The molecule has 3 unspecified atom stereocenters. The molecule has 4 aliphatic rings. The number of anilines is 1. The first-order valence-electron chi connectivity index (χ1n) is 13.6. The summed E-state index contributed by atoms with van der Waals surface area (Å²) in [4.78, 5) is 45.4. The van der Waals surface area contributed by atoms with E-state index in [1.54, 1.807) is 11.1 Å². The lowest BCUT2D eigenvalue weighted by Crippen LogP contribution is -2.62. The summed E-state index contributed by atoms with van der Waals surface area (Å²) in [5.41, 5.74) is 2.25. The fourth-order valence-corrected chi connectivity index (χ4v) is 7.48. The number of nitrogens with one attached hydrogen (secondary N) is 4. The topological polar surface area (TPSA) is 125 Å². The summed E-state index contributed by atoms with van der Waals surface area (Å²) in [5.74, 6) is 0.841. The number of aryl methyl sites for hydroxylation is 1. The van der Waals surface area contributed by atoms with Gasteiger partial charge in [0.2, 0.25) is 5.91 Å². The summed E-state index contributed by atoms with van der Waals surface area (Å²) in [5, 5.41) is 12.6. The number of hydrogen-bond acceptors (Lipinski definition) is 7. The second-order valence-corrected chi connectivity index (χ2v) is 11.6. The Morgan fingerprint density at radius 2 is 1.93 bits per heavy atom. The molecule has 2 saturated heterocycles. The molecule has 10 nitrogen and oxygen atoms in total. The zero-order valence-corrected chi connectivity index (χ0v) is 23.0. The highest BCUT2D eigenvalue weighted by Gasteiger charge is 2.52. The molecule has 4 amide bonds. The van der Waals surface area contributed by atoms with Crippen LogP contribution in [-0.2, 0) is 9.59 Å². The van der Waals surface area contributed by atoms with Crippen LogP contribution in [0.25, 0.3) is 0 Å². The average Bonchev–Trinajstić information content (AvgIpc) is 3.55. The van der Waals surface area contributed by atoms with Gasteiger partial charge in [-0.2, -0.15) is 0 Å². The Morgan fingerprint density at radius 3 is 2.67 bits per heavy atom. The van der Waals surface area contributed by atoms with Gasteiger partial charge >= 0.3 is 6.03 Å². The van der Waals surface area contributed by atoms with Gasteiger partial charge in [-0.3, -0.25) is 19.5 Å². The van der Waals surface area contributed by atoms with E-state index in [-0.39, 0.29) is 47.3 Å². The van der Waals surface area contributed by atoms with E-state index >= 15 is 0 Å². The number of urea groups is 1. The van der Waals surface area contributed by atoms with E-state index in [1.807, 2.05) is 43.3 Å². The van der Waals surface area contributed by atoms with Crippen LogP contribution in [0.1, 0.15) is 31.4 Å². The maximum absolute atomic E-state index is 13.5. The van der Waals surface area contributed by atoms with Crippen molar-refractivity contribution in [3.63, 3.8) is 0 Å².